The van der Waals surface area contributed by atoms with Crippen LogP contribution < -0.4 is 16.4 Å². The Morgan fingerprint density at radius 2 is 2.00 bits per heavy atom. The lowest BCUT2D eigenvalue weighted by Crippen LogP contribution is -2.44. The molecule has 0 saturated carbocycles. The summed E-state index contributed by atoms with van der Waals surface area (Å²) in [6.45, 7) is 0.0281. The molecule has 0 aliphatic carbocycles. The molecule has 86 valence electrons. The first-order chi connectivity index (χ1) is 6.97. The van der Waals surface area contributed by atoms with Gasteiger partial charge in [0.2, 0.25) is 11.8 Å². The Labute approximate surface area is 87.0 Å². The summed E-state index contributed by atoms with van der Waals surface area (Å²) < 4.78 is 0. The third kappa shape index (κ3) is 6.44. The molecule has 7 nitrogen and oxygen atoms in total. The van der Waals surface area contributed by atoms with Gasteiger partial charge in [0.05, 0.1) is 6.54 Å². The van der Waals surface area contributed by atoms with E-state index in [0.717, 1.165) is 0 Å². The molecule has 0 saturated heterocycles. The summed E-state index contributed by atoms with van der Waals surface area (Å²) in [4.78, 5) is 32.2. The molecule has 0 bridgehead atoms. The summed E-state index contributed by atoms with van der Waals surface area (Å²) in [6, 6.07) is -1.07. The predicted octanol–water partition coefficient (Wildman–Crippen LogP) is -1.96. The molecule has 15 heavy (non-hydrogen) atoms. The zero-order valence-corrected chi connectivity index (χ0v) is 8.45. The first kappa shape index (κ1) is 13.4. The normalized spacial score (nSPS) is 11.8. The zero-order chi connectivity index (χ0) is 11.8. The van der Waals surface area contributed by atoms with E-state index in [4.69, 9.17) is 10.8 Å². The molecule has 0 spiro atoms. The van der Waals surface area contributed by atoms with Gasteiger partial charge in [0, 0.05) is 6.42 Å². The number of likely N-dealkylation sites (N-methyl/N-ethyl adjacent to an activating group) is 1. The molecular formula is C8H15N3O4. The van der Waals surface area contributed by atoms with Gasteiger partial charge in [-0.3, -0.25) is 9.59 Å². The SMILES string of the molecule is CNCC(=O)N[C@@H](CCC(N)=O)C(=O)O. The third-order valence-corrected chi connectivity index (χ3v) is 1.65. The van der Waals surface area contributed by atoms with Crippen LogP contribution >= 0.6 is 0 Å². The molecule has 0 fully saturated rings. The van der Waals surface area contributed by atoms with Crippen LogP contribution in [0.15, 0.2) is 0 Å². The second-order valence-electron chi connectivity index (χ2n) is 2.99. The second-order valence-corrected chi connectivity index (χ2v) is 2.99. The summed E-state index contributed by atoms with van der Waals surface area (Å²) >= 11 is 0. The molecular weight excluding hydrogens is 202 g/mol. The highest BCUT2D eigenvalue weighted by Crippen LogP contribution is 1.96. The maximum Gasteiger partial charge on any atom is 0.326 e. The first-order valence-electron chi connectivity index (χ1n) is 4.42. The minimum absolute atomic E-state index is 0.000120. The van der Waals surface area contributed by atoms with E-state index in [1.165, 1.54) is 0 Å². The number of amides is 2. The predicted molar refractivity (Wildman–Crippen MR) is 51.9 cm³/mol. The Morgan fingerprint density at radius 3 is 2.40 bits per heavy atom. The van der Waals surface area contributed by atoms with Crippen molar-refractivity contribution in [3.05, 3.63) is 0 Å². The highest BCUT2D eigenvalue weighted by molar-refractivity contribution is 5.85. The maximum absolute atomic E-state index is 11.0. The van der Waals surface area contributed by atoms with Crippen LogP contribution in [0.4, 0.5) is 0 Å². The molecule has 0 heterocycles. The van der Waals surface area contributed by atoms with E-state index in [1.54, 1.807) is 7.05 Å². The number of carboxylic acid groups (broad SMARTS) is 1. The monoisotopic (exact) mass is 217 g/mol. The van der Waals surface area contributed by atoms with Gasteiger partial charge in [-0.05, 0) is 13.5 Å². The second kappa shape index (κ2) is 6.77. The van der Waals surface area contributed by atoms with Crippen molar-refractivity contribution in [3.8, 4) is 0 Å². The van der Waals surface area contributed by atoms with Crippen LogP contribution in [-0.2, 0) is 14.4 Å². The lowest BCUT2D eigenvalue weighted by Gasteiger charge is -2.13. The van der Waals surface area contributed by atoms with Gasteiger partial charge in [-0.2, -0.15) is 0 Å². The Kier molecular flexibility index (Phi) is 6.03. The highest BCUT2D eigenvalue weighted by Gasteiger charge is 2.19. The Morgan fingerprint density at radius 1 is 1.40 bits per heavy atom. The molecule has 0 aromatic heterocycles. The lowest BCUT2D eigenvalue weighted by atomic mass is 10.1. The van der Waals surface area contributed by atoms with Crippen LogP contribution in [0.1, 0.15) is 12.8 Å². The van der Waals surface area contributed by atoms with E-state index in [2.05, 4.69) is 10.6 Å². The van der Waals surface area contributed by atoms with Crippen molar-refractivity contribution in [2.75, 3.05) is 13.6 Å². The molecule has 1 atom stereocenters. The fourth-order valence-corrected chi connectivity index (χ4v) is 0.950. The molecule has 0 aliphatic rings. The van der Waals surface area contributed by atoms with E-state index < -0.39 is 23.8 Å². The van der Waals surface area contributed by atoms with Gasteiger partial charge in [-0.15, -0.1) is 0 Å². The number of nitrogens with two attached hydrogens (primary N) is 1. The fourth-order valence-electron chi connectivity index (χ4n) is 0.950. The number of aliphatic carboxylic acids is 1. The molecule has 0 aromatic rings. The van der Waals surface area contributed by atoms with Crippen molar-refractivity contribution >= 4 is 17.8 Å². The molecule has 5 N–H and O–H groups in total. The van der Waals surface area contributed by atoms with Gasteiger partial charge in [0.1, 0.15) is 6.04 Å². The van der Waals surface area contributed by atoms with Crippen molar-refractivity contribution in [1.82, 2.24) is 10.6 Å². The van der Waals surface area contributed by atoms with Gasteiger partial charge in [0.15, 0.2) is 0 Å². The quantitative estimate of drug-likeness (QED) is 0.394. The smallest absolute Gasteiger partial charge is 0.326 e. The summed E-state index contributed by atoms with van der Waals surface area (Å²) in [5, 5.41) is 13.6. The molecule has 2 amide bonds. The van der Waals surface area contributed by atoms with Gasteiger partial charge < -0.3 is 21.5 Å². The van der Waals surface area contributed by atoms with Gasteiger partial charge in [-0.1, -0.05) is 0 Å². The number of nitrogens with one attached hydrogen (secondary N) is 2. The van der Waals surface area contributed by atoms with E-state index in [9.17, 15) is 14.4 Å². The maximum atomic E-state index is 11.0. The van der Waals surface area contributed by atoms with Crippen molar-refractivity contribution in [1.29, 1.82) is 0 Å². The number of rotatable bonds is 7. The van der Waals surface area contributed by atoms with Crippen molar-refractivity contribution < 1.29 is 19.5 Å². The van der Waals surface area contributed by atoms with Crippen LogP contribution in [0.25, 0.3) is 0 Å². The molecule has 7 heteroatoms. The average Bonchev–Trinajstić information content (AvgIpc) is 2.11. The Hall–Kier alpha value is -1.63. The zero-order valence-electron chi connectivity index (χ0n) is 8.45. The molecule has 0 aliphatic heterocycles. The Balaban J connectivity index is 4.10. The fraction of sp³-hybridized carbons (Fsp3) is 0.625. The molecule has 0 radical (unpaired) electrons. The molecule has 0 rings (SSSR count). The number of hydrogen-bond acceptors (Lipinski definition) is 4. The van der Waals surface area contributed by atoms with Crippen molar-refractivity contribution in [2.24, 2.45) is 5.73 Å². The van der Waals surface area contributed by atoms with Crippen LogP contribution in [-0.4, -0.2) is 42.5 Å². The number of hydrogen-bond donors (Lipinski definition) is 4. The first-order valence-corrected chi connectivity index (χ1v) is 4.42. The highest BCUT2D eigenvalue weighted by atomic mass is 16.4. The van der Waals surface area contributed by atoms with Crippen LogP contribution in [0, 0.1) is 0 Å². The molecule has 0 aromatic carbocycles. The van der Waals surface area contributed by atoms with Gasteiger partial charge in [-0.25, -0.2) is 4.79 Å². The average molecular weight is 217 g/mol. The number of primary amides is 1. The van der Waals surface area contributed by atoms with Gasteiger partial charge >= 0.3 is 5.97 Å². The van der Waals surface area contributed by atoms with E-state index in [1.807, 2.05) is 0 Å². The van der Waals surface area contributed by atoms with Crippen LogP contribution in [0.5, 0.6) is 0 Å². The lowest BCUT2D eigenvalue weighted by molar-refractivity contribution is -0.142. The largest absolute Gasteiger partial charge is 0.480 e. The third-order valence-electron chi connectivity index (χ3n) is 1.65. The van der Waals surface area contributed by atoms with Crippen LogP contribution in [0.2, 0.25) is 0 Å². The van der Waals surface area contributed by atoms with Crippen LogP contribution in [0.3, 0.4) is 0 Å². The standard InChI is InChI=1S/C8H15N3O4/c1-10-4-7(13)11-5(8(14)15)2-3-6(9)12/h5,10H,2-4H2,1H3,(H2,9,12)(H,11,13)(H,14,15)/t5-/m0/s1. The topological polar surface area (TPSA) is 122 Å². The number of carbonyl (C=O) groups is 3. The number of carbonyl (C=O) groups excluding carboxylic acids is 2. The number of carboxylic acids is 1. The van der Waals surface area contributed by atoms with Crippen molar-refractivity contribution in [2.45, 2.75) is 18.9 Å². The van der Waals surface area contributed by atoms with E-state index in [-0.39, 0.29) is 19.4 Å². The van der Waals surface area contributed by atoms with Gasteiger partial charge in [0.25, 0.3) is 0 Å². The minimum Gasteiger partial charge on any atom is -0.480 e. The summed E-state index contributed by atoms with van der Waals surface area (Å²) in [6.07, 6.45) is -0.0725. The van der Waals surface area contributed by atoms with Crippen molar-refractivity contribution in [3.63, 3.8) is 0 Å². The van der Waals surface area contributed by atoms with E-state index >= 15 is 0 Å². The summed E-state index contributed by atoms with van der Waals surface area (Å²) in [5.41, 5.74) is 4.87. The summed E-state index contributed by atoms with van der Waals surface area (Å²) in [5.74, 6) is -2.21. The summed E-state index contributed by atoms with van der Waals surface area (Å²) in [7, 11) is 1.57. The Bertz CT molecular complexity index is 254. The molecule has 0 unspecified atom stereocenters. The minimum atomic E-state index is -1.18. The van der Waals surface area contributed by atoms with E-state index in [0.29, 0.717) is 0 Å².